The summed E-state index contributed by atoms with van der Waals surface area (Å²) in [5.74, 6) is 0.944. The second-order valence-electron chi connectivity index (χ2n) is 5.36. The van der Waals surface area contributed by atoms with Crippen molar-refractivity contribution < 1.29 is 4.74 Å². The van der Waals surface area contributed by atoms with E-state index in [2.05, 4.69) is 55.5 Å². The minimum absolute atomic E-state index is 0.152. The van der Waals surface area contributed by atoms with Crippen LogP contribution in [0.5, 0.6) is 5.75 Å². The molecular formula is C17H24N2OS. The van der Waals surface area contributed by atoms with Gasteiger partial charge < -0.3 is 10.1 Å². The van der Waals surface area contributed by atoms with E-state index in [-0.39, 0.29) is 6.04 Å². The Morgan fingerprint density at radius 2 is 2.00 bits per heavy atom. The van der Waals surface area contributed by atoms with Crippen LogP contribution in [-0.2, 0) is 0 Å². The Hall–Kier alpha value is -1.39. The number of methoxy groups -OCH3 is 1. The summed E-state index contributed by atoms with van der Waals surface area (Å²) in [6, 6.07) is 4.49. The van der Waals surface area contributed by atoms with Crippen molar-refractivity contribution in [3.8, 4) is 5.75 Å². The number of benzene rings is 1. The molecule has 2 rings (SSSR count). The second kappa shape index (κ2) is 7.05. The number of ether oxygens (including phenoxy) is 1. The van der Waals surface area contributed by atoms with Gasteiger partial charge in [-0.25, -0.2) is 4.98 Å². The van der Waals surface area contributed by atoms with Gasteiger partial charge in [-0.05, 0) is 56.5 Å². The summed E-state index contributed by atoms with van der Waals surface area (Å²) >= 11 is 1.70. The molecule has 0 fully saturated rings. The second-order valence-corrected chi connectivity index (χ2v) is 6.42. The highest BCUT2D eigenvalue weighted by atomic mass is 32.1. The number of aromatic nitrogens is 1. The molecule has 1 aromatic carbocycles. The summed E-state index contributed by atoms with van der Waals surface area (Å²) in [7, 11) is 1.72. The molecule has 1 aromatic heterocycles. The van der Waals surface area contributed by atoms with Gasteiger partial charge in [-0.2, -0.15) is 0 Å². The zero-order valence-corrected chi connectivity index (χ0v) is 14.3. The van der Waals surface area contributed by atoms with Gasteiger partial charge in [-0.1, -0.05) is 13.0 Å². The molecular weight excluding hydrogens is 280 g/mol. The molecule has 21 heavy (non-hydrogen) atoms. The van der Waals surface area contributed by atoms with Crippen molar-refractivity contribution in [2.75, 3.05) is 13.7 Å². The maximum Gasteiger partial charge on any atom is 0.122 e. The van der Waals surface area contributed by atoms with Crippen LogP contribution < -0.4 is 10.1 Å². The van der Waals surface area contributed by atoms with E-state index in [9.17, 15) is 0 Å². The van der Waals surface area contributed by atoms with E-state index in [0.29, 0.717) is 0 Å². The summed E-state index contributed by atoms with van der Waals surface area (Å²) < 4.78 is 5.42. The smallest absolute Gasteiger partial charge is 0.122 e. The minimum Gasteiger partial charge on any atom is -0.496 e. The van der Waals surface area contributed by atoms with E-state index in [4.69, 9.17) is 4.74 Å². The highest BCUT2D eigenvalue weighted by Gasteiger charge is 2.19. The highest BCUT2D eigenvalue weighted by molar-refractivity contribution is 7.09. The van der Waals surface area contributed by atoms with Gasteiger partial charge in [0.05, 0.1) is 23.9 Å². The van der Waals surface area contributed by atoms with Crippen LogP contribution in [0.15, 0.2) is 17.5 Å². The van der Waals surface area contributed by atoms with Crippen LogP contribution in [-0.4, -0.2) is 18.6 Å². The Morgan fingerprint density at radius 1 is 1.24 bits per heavy atom. The van der Waals surface area contributed by atoms with Gasteiger partial charge in [-0.3, -0.25) is 0 Å². The van der Waals surface area contributed by atoms with Crippen molar-refractivity contribution in [1.82, 2.24) is 10.3 Å². The molecule has 0 aliphatic rings. The Balaban J connectivity index is 2.43. The molecule has 0 spiro atoms. The lowest BCUT2D eigenvalue weighted by Crippen LogP contribution is -2.24. The number of nitrogens with zero attached hydrogens (tertiary/aromatic N) is 1. The van der Waals surface area contributed by atoms with Gasteiger partial charge in [0, 0.05) is 5.38 Å². The van der Waals surface area contributed by atoms with Crippen molar-refractivity contribution in [2.24, 2.45) is 0 Å². The van der Waals surface area contributed by atoms with E-state index >= 15 is 0 Å². The standard InChI is InChI=1S/C17H24N2OS/c1-6-7-18-17(15-10-21-13(4)19-15)14-8-12(3)16(20-5)9-11(14)2/h8-10,17-18H,6-7H2,1-5H3. The van der Waals surface area contributed by atoms with Gasteiger partial charge in [0.2, 0.25) is 0 Å². The molecule has 114 valence electrons. The average Bonchev–Trinajstić information content (AvgIpc) is 2.89. The van der Waals surface area contributed by atoms with Crippen LogP contribution in [0.2, 0.25) is 0 Å². The molecule has 0 aliphatic carbocycles. The van der Waals surface area contributed by atoms with Crippen molar-refractivity contribution in [3.05, 3.63) is 44.9 Å². The Labute approximate surface area is 131 Å². The van der Waals surface area contributed by atoms with E-state index in [1.165, 1.54) is 11.1 Å². The normalized spacial score (nSPS) is 12.4. The first-order valence-electron chi connectivity index (χ1n) is 7.37. The van der Waals surface area contributed by atoms with Gasteiger partial charge in [0.15, 0.2) is 0 Å². The summed E-state index contributed by atoms with van der Waals surface area (Å²) in [6.45, 7) is 9.44. The van der Waals surface area contributed by atoms with Crippen LogP contribution >= 0.6 is 11.3 Å². The average molecular weight is 304 g/mol. The summed E-state index contributed by atoms with van der Waals surface area (Å²) in [5, 5.41) is 6.89. The fraction of sp³-hybridized carbons (Fsp3) is 0.471. The molecule has 1 N–H and O–H groups in total. The molecule has 1 atom stereocenters. The van der Waals surface area contributed by atoms with Crippen molar-refractivity contribution in [3.63, 3.8) is 0 Å². The molecule has 2 aromatic rings. The predicted molar refractivity (Wildman–Crippen MR) is 89.5 cm³/mol. The molecule has 4 heteroatoms. The first kappa shape index (κ1) is 16.0. The zero-order valence-electron chi connectivity index (χ0n) is 13.5. The van der Waals surface area contributed by atoms with Crippen LogP contribution in [0.3, 0.4) is 0 Å². The number of hydrogen-bond donors (Lipinski definition) is 1. The molecule has 1 unspecified atom stereocenters. The third-order valence-corrected chi connectivity index (χ3v) is 4.42. The number of aryl methyl sites for hydroxylation is 3. The summed E-state index contributed by atoms with van der Waals surface area (Å²) in [6.07, 6.45) is 1.10. The van der Waals surface area contributed by atoms with E-state index < -0.39 is 0 Å². The third kappa shape index (κ3) is 3.63. The van der Waals surface area contributed by atoms with E-state index in [1.807, 2.05) is 0 Å². The molecule has 0 amide bonds. The molecule has 0 aliphatic heterocycles. The topological polar surface area (TPSA) is 34.2 Å². The van der Waals surface area contributed by atoms with E-state index in [1.54, 1.807) is 18.4 Å². The molecule has 3 nitrogen and oxygen atoms in total. The van der Waals surface area contributed by atoms with Gasteiger partial charge in [0.1, 0.15) is 5.75 Å². The predicted octanol–water partition coefficient (Wildman–Crippen LogP) is 4.17. The van der Waals surface area contributed by atoms with Crippen LogP contribution in [0.4, 0.5) is 0 Å². The fourth-order valence-corrected chi connectivity index (χ4v) is 3.16. The Bertz CT molecular complexity index is 607. The monoisotopic (exact) mass is 304 g/mol. The Kier molecular flexibility index (Phi) is 5.37. The molecule has 0 radical (unpaired) electrons. The number of hydrogen-bond acceptors (Lipinski definition) is 4. The summed E-state index contributed by atoms with van der Waals surface area (Å²) in [4.78, 5) is 4.68. The maximum absolute atomic E-state index is 5.42. The SMILES string of the molecule is CCCNC(c1csc(C)n1)c1cc(C)c(OC)cc1C. The largest absolute Gasteiger partial charge is 0.496 e. The lowest BCUT2D eigenvalue weighted by molar-refractivity contribution is 0.411. The van der Waals surface area contributed by atoms with Gasteiger partial charge in [0.25, 0.3) is 0 Å². The first-order valence-corrected chi connectivity index (χ1v) is 8.25. The van der Waals surface area contributed by atoms with Crippen LogP contribution in [0.25, 0.3) is 0 Å². The Morgan fingerprint density at radius 3 is 2.57 bits per heavy atom. The third-order valence-electron chi connectivity index (χ3n) is 3.63. The lowest BCUT2D eigenvalue weighted by atomic mass is 9.96. The summed E-state index contributed by atoms with van der Waals surface area (Å²) in [5.41, 5.74) is 4.79. The van der Waals surface area contributed by atoms with Crippen LogP contribution in [0, 0.1) is 20.8 Å². The highest BCUT2D eigenvalue weighted by Crippen LogP contribution is 2.30. The van der Waals surface area contributed by atoms with Crippen LogP contribution in [0.1, 0.15) is 46.8 Å². The molecule has 0 bridgehead atoms. The lowest BCUT2D eigenvalue weighted by Gasteiger charge is -2.21. The van der Waals surface area contributed by atoms with Crippen molar-refractivity contribution >= 4 is 11.3 Å². The first-order chi connectivity index (χ1) is 10.1. The zero-order chi connectivity index (χ0) is 15.4. The molecule has 0 saturated heterocycles. The number of rotatable bonds is 6. The maximum atomic E-state index is 5.42. The number of nitrogens with one attached hydrogen (secondary N) is 1. The minimum atomic E-state index is 0.152. The van der Waals surface area contributed by atoms with Crippen molar-refractivity contribution in [2.45, 2.75) is 40.2 Å². The molecule has 1 heterocycles. The van der Waals surface area contributed by atoms with Gasteiger partial charge in [-0.15, -0.1) is 11.3 Å². The van der Waals surface area contributed by atoms with Gasteiger partial charge >= 0.3 is 0 Å². The van der Waals surface area contributed by atoms with E-state index in [0.717, 1.165) is 35.0 Å². The number of thiazole rings is 1. The van der Waals surface area contributed by atoms with Crippen molar-refractivity contribution in [1.29, 1.82) is 0 Å². The quantitative estimate of drug-likeness (QED) is 0.870. The molecule has 0 saturated carbocycles. The fourth-order valence-electron chi connectivity index (χ4n) is 2.52.